The first-order valence-corrected chi connectivity index (χ1v) is 3.63. The molecule has 1 rings (SSSR count). The molecular formula is C9H6F3O. The van der Waals surface area contributed by atoms with Gasteiger partial charge in [0.15, 0.2) is 17.9 Å². The van der Waals surface area contributed by atoms with Crippen LogP contribution in [-0.2, 0) is 11.2 Å². The second-order valence-electron chi connectivity index (χ2n) is 2.51. The van der Waals surface area contributed by atoms with E-state index >= 15 is 0 Å². The Morgan fingerprint density at radius 1 is 1.23 bits per heavy atom. The van der Waals surface area contributed by atoms with Crippen molar-refractivity contribution in [2.45, 2.75) is 12.8 Å². The monoisotopic (exact) mass is 187 g/mol. The van der Waals surface area contributed by atoms with Crippen molar-refractivity contribution in [1.29, 1.82) is 0 Å². The highest BCUT2D eigenvalue weighted by atomic mass is 19.2. The normalized spacial score (nSPS) is 10.1. The number of carbonyl (C=O) groups excluding carboxylic acids is 1. The molecule has 4 heteroatoms. The maximum absolute atomic E-state index is 12.8. The van der Waals surface area contributed by atoms with Crippen LogP contribution in [0.3, 0.4) is 0 Å². The van der Waals surface area contributed by atoms with E-state index in [4.69, 9.17) is 0 Å². The lowest BCUT2D eigenvalue weighted by Crippen LogP contribution is -1.96. The first-order valence-electron chi connectivity index (χ1n) is 3.63. The van der Waals surface area contributed by atoms with E-state index in [0.717, 1.165) is 6.07 Å². The van der Waals surface area contributed by atoms with Crippen LogP contribution in [-0.4, -0.2) is 6.29 Å². The third kappa shape index (κ3) is 2.31. The van der Waals surface area contributed by atoms with Crippen molar-refractivity contribution in [3.63, 3.8) is 0 Å². The molecule has 0 bridgehead atoms. The Bertz CT molecular complexity index is 323. The zero-order chi connectivity index (χ0) is 9.84. The SMILES string of the molecule is O=[C]CCc1cc(F)cc(F)c1F. The molecule has 0 atom stereocenters. The fourth-order valence-electron chi connectivity index (χ4n) is 0.977. The van der Waals surface area contributed by atoms with Crippen LogP contribution in [0.2, 0.25) is 0 Å². The third-order valence-corrected chi connectivity index (χ3v) is 1.56. The Kier molecular flexibility index (Phi) is 3.06. The van der Waals surface area contributed by atoms with Crippen LogP contribution in [0.4, 0.5) is 13.2 Å². The summed E-state index contributed by atoms with van der Waals surface area (Å²) in [7, 11) is 0. The summed E-state index contributed by atoms with van der Waals surface area (Å²) < 4.78 is 37.9. The molecule has 0 saturated heterocycles. The molecule has 0 aliphatic rings. The maximum atomic E-state index is 12.8. The van der Waals surface area contributed by atoms with Crippen molar-refractivity contribution in [3.8, 4) is 0 Å². The van der Waals surface area contributed by atoms with Gasteiger partial charge in [-0.1, -0.05) is 0 Å². The zero-order valence-electron chi connectivity index (χ0n) is 6.61. The van der Waals surface area contributed by atoms with Crippen LogP contribution < -0.4 is 0 Å². The van der Waals surface area contributed by atoms with Crippen LogP contribution in [0.5, 0.6) is 0 Å². The van der Waals surface area contributed by atoms with Gasteiger partial charge in [-0.2, -0.15) is 0 Å². The number of halogens is 3. The largest absolute Gasteiger partial charge is 0.291 e. The fraction of sp³-hybridized carbons (Fsp3) is 0.222. The van der Waals surface area contributed by atoms with E-state index in [1.807, 2.05) is 0 Å². The predicted molar refractivity (Wildman–Crippen MR) is 40.3 cm³/mol. The second kappa shape index (κ2) is 4.07. The predicted octanol–water partition coefficient (Wildman–Crippen LogP) is 2.15. The first kappa shape index (κ1) is 9.77. The lowest BCUT2D eigenvalue weighted by atomic mass is 10.1. The van der Waals surface area contributed by atoms with Crippen LogP contribution in [0, 0.1) is 17.5 Å². The highest BCUT2D eigenvalue weighted by Gasteiger charge is 2.10. The van der Waals surface area contributed by atoms with Gasteiger partial charge in [-0.3, -0.25) is 4.79 Å². The molecule has 0 saturated carbocycles. The zero-order valence-corrected chi connectivity index (χ0v) is 6.61. The fourth-order valence-corrected chi connectivity index (χ4v) is 0.977. The number of aryl methyl sites for hydroxylation is 1. The summed E-state index contributed by atoms with van der Waals surface area (Å²) in [6.45, 7) is 0. The van der Waals surface area contributed by atoms with Gasteiger partial charge < -0.3 is 0 Å². The Balaban J connectivity index is 2.98. The van der Waals surface area contributed by atoms with Gasteiger partial charge in [0.1, 0.15) is 5.82 Å². The molecule has 0 aliphatic carbocycles. The van der Waals surface area contributed by atoms with Gasteiger partial charge >= 0.3 is 0 Å². The Labute approximate surface area is 73.2 Å². The molecule has 0 unspecified atom stereocenters. The van der Waals surface area contributed by atoms with E-state index in [-0.39, 0.29) is 18.4 Å². The van der Waals surface area contributed by atoms with Gasteiger partial charge in [0, 0.05) is 12.5 Å². The quantitative estimate of drug-likeness (QED) is 0.662. The Morgan fingerprint density at radius 2 is 1.92 bits per heavy atom. The van der Waals surface area contributed by atoms with Crippen LogP contribution in [0.1, 0.15) is 12.0 Å². The molecule has 1 radical (unpaired) electrons. The standard InChI is InChI=1S/C9H6F3O/c10-7-4-6(2-1-3-13)9(12)8(11)5-7/h4-5H,1-2H2. The van der Waals surface area contributed by atoms with Crippen LogP contribution in [0.25, 0.3) is 0 Å². The van der Waals surface area contributed by atoms with Crippen molar-refractivity contribution < 1.29 is 18.0 Å². The van der Waals surface area contributed by atoms with Crippen molar-refractivity contribution in [2.75, 3.05) is 0 Å². The second-order valence-corrected chi connectivity index (χ2v) is 2.51. The summed E-state index contributed by atoms with van der Waals surface area (Å²) in [4.78, 5) is 9.82. The average Bonchev–Trinajstić information content (AvgIpc) is 2.09. The third-order valence-electron chi connectivity index (χ3n) is 1.56. The molecule has 0 fully saturated rings. The minimum Gasteiger partial charge on any atom is -0.291 e. The molecule has 0 heterocycles. The van der Waals surface area contributed by atoms with Crippen molar-refractivity contribution in [3.05, 3.63) is 35.1 Å². The summed E-state index contributed by atoms with van der Waals surface area (Å²) in [6.07, 6.45) is 1.41. The van der Waals surface area contributed by atoms with Crippen LogP contribution in [0.15, 0.2) is 12.1 Å². The summed E-state index contributed by atoms with van der Waals surface area (Å²) in [5.74, 6) is -3.18. The lowest BCUT2D eigenvalue weighted by Gasteiger charge is -2.01. The van der Waals surface area contributed by atoms with E-state index in [2.05, 4.69) is 0 Å². The molecule has 1 aromatic carbocycles. The van der Waals surface area contributed by atoms with Gasteiger partial charge in [0.2, 0.25) is 0 Å². The molecule has 13 heavy (non-hydrogen) atoms. The molecule has 0 amide bonds. The van der Waals surface area contributed by atoms with Gasteiger partial charge in [-0.05, 0) is 18.1 Å². The Hall–Kier alpha value is -1.32. The number of hydrogen-bond acceptors (Lipinski definition) is 1. The molecule has 0 aromatic heterocycles. The van der Waals surface area contributed by atoms with Gasteiger partial charge in [0.05, 0.1) is 0 Å². The minimum atomic E-state index is -1.24. The maximum Gasteiger partial charge on any atom is 0.198 e. The van der Waals surface area contributed by atoms with E-state index in [0.29, 0.717) is 6.07 Å². The topological polar surface area (TPSA) is 17.1 Å². The van der Waals surface area contributed by atoms with Gasteiger partial charge in [0.25, 0.3) is 0 Å². The molecule has 0 aliphatic heterocycles. The van der Waals surface area contributed by atoms with Gasteiger partial charge in [-0.15, -0.1) is 0 Å². The summed E-state index contributed by atoms with van der Waals surface area (Å²) in [5.41, 5.74) is -0.138. The van der Waals surface area contributed by atoms with E-state index < -0.39 is 17.5 Å². The van der Waals surface area contributed by atoms with E-state index in [1.54, 1.807) is 0 Å². The summed E-state index contributed by atoms with van der Waals surface area (Å²) in [5, 5.41) is 0. The highest BCUT2D eigenvalue weighted by molar-refractivity contribution is 5.51. The molecule has 0 spiro atoms. The van der Waals surface area contributed by atoms with Crippen LogP contribution >= 0.6 is 0 Å². The van der Waals surface area contributed by atoms with Crippen molar-refractivity contribution >= 4 is 6.29 Å². The molecular weight excluding hydrogens is 181 g/mol. The average molecular weight is 187 g/mol. The molecule has 69 valence electrons. The van der Waals surface area contributed by atoms with E-state index in [9.17, 15) is 18.0 Å². The Morgan fingerprint density at radius 3 is 2.54 bits per heavy atom. The van der Waals surface area contributed by atoms with Crippen molar-refractivity contribution in [2.24, 2.45) is 0 Å². The number of benzene rings is 1. The molecule has 1 aromatic rings. The summed E-state index contributed by atoms with van der Waals surface area (Å²) in [6, 6.07) is 1.33. The number of rotatable bonds is 3. The minimum absolute atomic E-state index is 0.0377. The highest BCUT2D eigenvalue weighted by Crippen LogP contribution is 2.15. The molecule has 1 nitrogen and oxygen atoms in total. The summed E-state index contributed by atoms with van der Waals surface area (Å²) >= 11 is 0. The lowest BCUT2D eigenvalue weighted by molar-refractivity contribution is 0.484. The molecule has 0 N–H and O–H groups in total. The van der Waals surface area contributed by atoms with E-state index in [1.165, 1.54) is 6.29 Å². The smallest absolute Gasteiger partial charge is 0.198 e. The number of hydrogen-bond donors (Lipinski definition) is 0. The first-order chi connectivity index (χ1) is 6.15. The van der Waals surface area contributed by atoms with Gasteiger partial charge in [-0.25, -0.2) is 13.2 Å². The van der Waals surface area contributed by atoms with Crippen molar-refractivity contribution in [1.82, 2.24) is 0 Å².